The van der Waals surface area contributed by atoms with E-state index in [4.69, 9.17) is 4.42 Å². The fourth-order valence-corrected chi connectivity index (χ4v) is 4.21. The third kappa shape index (κ3) is 3.73. The first kappa shape index (κ1) is 21.6. The van der Waals surface area contributed by atoms with E-state index in [0.29, 0.717) is 29.8 Å². The number of rotatable bonds is 4. The minimum Gasteiger partial charge on any atom is -0.478 e. The zero-order valence-corrected chi connectivity index (χ0v) is 19.0. The summed E-state index contributed by atoms with van der Waals surface area (Å²) in [5.74, 6) is -0.435. The molecule has 1 aromatic carbocycles. The second-order valence-electron chi connectivity index (χ2n) is 8.55. The van der Waals surface area contributed by atoms with E-state index in [1.165, 1.54) is 13.0 Å². The molecule has 2 aliphatic carbocycles. The van der Waals surface area contributed by atoms with Gasteiger partial charge in [-0.2, -0.15) is 0 Å². The highest BCUT2D eigenvalue weighted by molar-refractivity contribution is 6.09. The maximum absolute atomic E-state index is 12.2. The van der Waals surface area contributed by atoms with E-state index in [9.17, 15) is 14.7 Å². The minimum absolute atomic E-state index is 0.0909. The third-order valence-corrected chi connectivity index (χ3v) is 5.99. The molecule has 6 heteroatoms. The van der Waals surface area contributed by atoms with Gasteiger partial charge in [-0.05, 0) is 55.2 Å². The first-order valence-corrected chi connectivity index (χ1v) is 10.5. The first-order valence-electron chi connectivity index (χ1n) is 10.5. The molecule has 0 spiro atoms. The molecular formula is C26H27N2O4+. The van der Waals surface area contributed by atoms with Gasteiger partial charge in [0.05, 0.1) is 11.6 Å². The molecule has 0 aromatic heterocycles. The average molecular weight is 432 g/mol. The average Bonchev–Trinajstić information content (AvgIpc) is 2.75. The molecule has 0 atom stereocenters. The summed E-state index contributed by atoms with van der Waals surface area (Å²) < 4.78 is 8.32. The molecule has 1 heterocycles. The van der Waals surface area contributed by atoms with Crippen LogP contribution in [0.25, 0.3) is 27.9 Å². The molecule has 0 radical (unpaired) electrons. The Morgan fingerprint density at radius 3 is 2.44 bits per heavy atom. The van der Waals surface area contributed by atoms with Crippen molar-refractivity contribution in [1.29, 1.82) is 0 Å². The second kappa shape index (κ2) is 8.11. The normalized spacial score (nSPS) is 14.0. The number of ketones is 1. The second-order valence-corrected chi connectivity index (χ2v) is 8.55. The van der Waals surface area contributed by atoms with Crippen molar-refractivity contribution in [1.82, 2.24) is 4.58 Å². The Morgan fingerprint density at radius 2 is 1.81 bits per heavy atom. The van der Waals surface area contributed by atoms with E-state index in [-0.39, 0.29) is 11.4 Å². The summed E-state index contributed by atoms with van der Waals surface area (Å²) in [4.78, 5) is 26.1. The zero-order valence-electron chi connectivity index (χ0n) is 19.0. The van der Waals surface area contributed by atoms with E-state index in [1.807, 2.05) is 74.1 Å². The molecule has 0 saturated carbocycles. The summed E-state index contributed by atoms with van der Waals surface area (Å²) in [6.45, 7) is 1.48. The molecule has 4 rings (SSSR count). The van der Waals surface area contributed by atoms with Gasteiger partial charge >= 0.3 is 5.97 Å². The number of carboxylic acids is 1. The molecule has 0 unspecified atom stereocenters. The van der Waals surface area contributed by atoms with Crippen LogP contribution in [0.5, 0.6) is 0 Å². The van der Waals surface area contributed by atoms with Crippen molar-refractivity contribution in [3.63, 3.8) is 0 Å². The SMILES string of the molecule is CC(=O)C1=CC(C(=O)O)=C(c2c3ccc(=[N+](C)C)cc-3oc3cc(N(C)C)ccc23)CC1. The van der Waals surface area contributed by atoms with Gasteiger partial charge in [0.1, 0.15) is 25.4 Å². The van der Waals surface area contributed by atoms with Gasteiger partial charge in [-0.3, -0.25) is 4.79 Å². The molecule has 164 valence electrons. The van der Waals surface area contributed by atoms with Gasteiger partial charge in [0.25, 0.3) is 0 Å². The quantitative estimate of drug-likeness (QED) is 0.503. The molecule has 1 aromatic rings. The molecular weight excluding hydrogens is 404 g/mol. The van der Waals surface area contributed by atoms with Gasteiger partial charge in [0.15, 0.2) is 5.78 Å². The molecule has 3 aliphatic rings. The lowest BCUT2D eigenvalue weighted by Crippen LogP contribution is -2.21. The maximum Gasteiger partial charge on any atom is 0.335 e. The number of carboxylic acid groups (broad SMARTS) is 1. The van der Waals surface area contributed by atoms with Crippen LogP contribution >= 0.6 is 0 Å². The predicted octanol–water partition coefficient (Wildman–Crippen LogP) is 3.78. The largest absolute Gasteiger partial charge is 0.478 e. The van der Waals surface area contributed by atoms with Crippen LogP contribution in [0.1, 0.15) is 25.3 Å². The summed E-state index contributed by atoms with van der Waals surface area (Å²) in [6, 6.07) is 11.9. The van der Waals surface area contributed by atoms with E-state index in [1.54, 1.807) is 0 Å². The summed E-state index contributed by atoms with van der Waals surface area (Å²) in [5.41, 5.74) is 4.83. The van der Waals surface area contributed by atoms with Crippen LogP contribution < -0.4 is 14.8 Å². The van der Waals surface area contributed by atoms with Gasteiger partial charge in [-0.25, -0.2) is 9.37 Å². The van der Waals surface area contributed by atoms with Crippen LogP contribution in [0.4, 0.5) is 5.69 Å². The van der Waals surface area contributed by atoms with Gasteiger partial charge in [0, 0.05) is 48.4 Å². The fraction of sp³-hybridized carbons (Fsp3) is 0.269. The van der Waals surface area contributed by atoms with Crippen LogP contribution in [0.3, 0.4) is 0 Å². The number of benzene rings is 2. The number of nitrogens with zero attached hydrogens (tertiary/aromatic N) is 2. The molecule has 0 fully saturated rings. The monoisotopic (exact) mass is 431 g/mol. The third-order valence-electron chi connectivity index (χ3n) is 5.99. The fourth-order valence-electron chi connectivity index (χ4n) is 4.21. The van der Waals surface area contributed by atoms with E-state index >= 15 is 0 Å². The number of allylic oxidation sites excluding steroid dienone is 2. The Balaban J connectivity index is 2.15. The highest BCUT2D eigenvalue weighted by Gasteiger charge is 2.27. The van der Waals surface area contributed by atoms with Crippen LogP contribution in [-0.4, -0.2) is 45.0 Å². The van der Waals surface area contributed by atoms with Crippen LogP contribution in [0, 0.1) is 0 Å². The molecule has 32 heavy (non-hydrogen) atoms. The van der Waals surface area contributed by atoms with Crippen LogP contribution in [0.2, 0.25) is 0 Å². The van der Waals surface area contributed by atoms with Crippen LogP contribution in [-0.2, 0) is 9.59 Å². The summed E-state index contributed by atoms with van der Waals surface area (Å²) >= 11 is 0. The van der Waals surface area contributed by atoms with Crippen molar-refractivity contribution in [3.8, 4) is 11.3 Å². The molecule has 0 bridgehead atoms. The highest BCUT2D eigenvalue weighted by atomic mass is 16.4. The van der Waals surface area contributed by atoms with E-state index < -0.39 is 5.97 Å². The number of fused-ring (bicyclic) bond motifs is 2. The highest BCUT2D eigenvalue weighted by Crippen LogP contribution is 2.43. The first-order chi connectivity index (χ1) is 15.2. The number of hydrogen-bond donors (Lipinski definition) is 1. The summed E-state index contributed by atoms with van der Waals surface area (Å²) in [6.07, 6.45) is 2.53. The number of carbonyl (C=O) groups excluding carboxylic acids is 1. The van der Waals surface area contributed by atoms with Gasteiger partial charge < -0.3 is 14.4 Å². The molecule has 1 N–H and O–H groups in total. The smallest absolute Gasteiger partial charge is 0.335 e. The van der Waals surface area contributed by atoms with Crippen molar-refractivity contribution < 1.29 is 19.1 Å². The number of Topliss-reactive ketones (excluding diaryl/α,β-unsaturated/α-hetero) is 1. The van der Waals surface area contributed by atoms with Crippen molar-refractivity contribution in [3.05, 3.63) is 64.5 Å². The van der Waals surface area contributed by atoms with Crippen molar-refractivity contribution in [2.75, 3.05) is 33.1 Å². The van der Waals surface area contributed by atoms with Crippen molar-refractivity contribution in [2.45, 2.75) is 19.8 Å². The Kier molecular flexibility index (Phi) is 5.46. The lowest BCUT2D eigenvalue weighted by molar-refractivity contribution is -0.132. The summed E-state index contributed by atoms with van der Waals surface area (Å²) in [7, 11) is 7.86. The van der Waals surface area contributed by atoms with Gasteiger partial charge in [-0.1, -0.05) is 0 Å². The molecule has 1 aliphatic heterocycles. The summed E-state index contributed by atoms with van der Waals surface area (Å²) in [5, 5.41) is 11.8. The number of anilines is 1. The van der Waals surface area contributed by atoms with Crippen LogP contribution in [0.15, 0.2) is 58.0 Å². The van der Waals surface area contributed by atoms with Gasteiger partial charge in [-0.15, -0.1) is 0 Å². The van der Waals surface area contributed by atoms with Crippen molar-refractivity contribution >= 4 is 34.0 Å². The van der Waals surface area contributed by atoms with E-state index in [0.717, 1.165) is 33.1 Å². The van der Waals surface area contributed by atoms with Gasteiger partial charge in [0.2, 0.25) is 5.36 Å². The number of aliphatic carboxylic acids is 1. The van der Waals surface area contributed by atoms with E-state index in [2.05, 4.69) is 0 Å². The number of carbonyl (C=O) groups is 2. The zero-order chi connectivity index (χ0) is 23.2. The minimum atomic E-state index is -1.03. The molecule has 0 amide bonds. The van der Waals surface area contributed by atoms with Crippen molar-refractivity contribution in [2.24, 2.45) is 0 Å². The molecule has 6 nitrogen and oxygen atoms in total. The Bertz CT molecular complexity index is 1370. The predicted molar refractivity (Wildman–Crippen MR) is 127 cm³/mol. The standard InChI is InChI=1S/C26H26N2O4/c1-15(29)16-6-9-19(22(12-16)26(30)31)25-20-10-7-17(27(2)3)13-23(20)32-24-14-18(28(4)5)8-11-21(24)25/h7-8,10-14H,6,9H2,1-5H3/p+1. The maximum atomic E-state index is 12.2. The topological polar surface area (TPSA) is 73.8 Å². The Hall–Kier alpha value is -3.67. The molecule has 0 saturated heterocycles. The Morgan fingerprint density at radius 1 is 1.06 bits per heavy atom. The lowest BCUT2D eigenvalue weighted by Gasteiger charge is -2.23. The Labute approximate surface area is 186 Å². The number of hydrogen-bond acceptors (Lipinski definition) is 4. The lowest BCUT2D eigenvalue weighted by atomic mass is 9.83.